The fourth-order valence-electron chi connectivity index (χ4n) is 3.88. The molecule has 7 nitrogen and oxygen atoms in total. The highest BCUT2D eigenvalue weighted by atomic mass is 35.5. The number of amides is 1. The van der Waals surface area contributed by atoms with Crippen LogP contribution in [0.5, 0.6) is 0 Å². The maximum atomic E-state index is 13.5. The molecule has 1 amide bonds. The molecule has 11 heteroatoms. The molecule has 2 unspecified atom stereocenters. The van der Waals surface area contributed by atoms with Crippen molar-refractivity contribution >= 4 is 27.5 Å². The second kappa shape index (κ2) is 8.79. The lowest BCUT2D eigenvalue weighted by atomic mass is 9.93. The molecule has 0 saturated carbocycles. The summed E-state index contributed by atoms with van der Waals surface area (Å²) in [5.74, 6) is -2.76. The number of hydrogen-bond donors (Lipinski definition) is 2. The number of carbonyl (C=O) groups is 1. The minimum Gasteiger partial charge on any atom is -0.340 e. The number of halogens is 3. The predicted octanol–water partition coefficient (Wildman–Crippen LogP) is 1.92. The first-order valence-corrected chi connectivity index (χ1v) is 11.6. The summed E-state index contributed by atoms with van der Waals surface area (Å²) in [5, 5.41) is 0.607. The number of hydrazine groups is 1. The zero-order chi connectivity index (χ0) is 22.2. The summed E-state index contributed by atoms with van der Waals surface area (Å²) in [6.45, 7) is 1.02. The Balaban J connectivity index is 1.42. The number of sulfonamides is 1. The first kappa shape index (κ1) is 22.1. The quantitative estimate of drug-likeness (QED) is 0.713. The molecular formula is C20H21ClF2N4O3S. The fraction of sp³-hybridized carbons (Fsp3) is 0.350. The van der Waals surface area contributed by atoms with E-state index in [0.29, 0.717) is 17.6 Å². The predicted molar refractivity (Wildman–Crippen MR) is 111 cm³/mol. The molecule has 166 valence electrons. The van der Waals surface area contributed by atoms with Crippen molar-refractivity contribution < 1.29 is 22.0 Å². The summed E-state index contributed by atoms with van der Waals surface area (Å²) in [5.41, 5.74) is 7.05. The van der Waals surface area contributed by atoms with Crippen LogP contribution in [0.3, 0.4) is 0 Å². The van der Waals surface area contributed by atoms with E-state index in [0.717, 1.165) is 17.7 Å². The Morgan fingerprint density at radius 3 is 2.32 bits per heavy atom. The van der Waals surface area contributed by atoms with E-state index in [4.69, 9.17) is 11.6 Å². The van der Waals surface area contributed by atoms with Crippen LogP contribution in [-0.4, -0.2) is 56.3 Å². The number of hydrogen-bond acceptors (Lipinski definition) is 5. The van der Waals surface area contributed by atoms with E-state index < -0.39 is 21.7 Å². The van der Waals surface area contributed by atoms with Crippen LogP contribution in [-0.2, 0) is 14.8 Å². The smallest absolute Gasteiger partial charge is 0.243 e. The highest BCUT2D eigenvalue weighted by Gasteiger charge is 2.38. The molecule has 2 aliphatic rings. The SMILES string of the molecule is O=C(C1CNNC1c1ccc(Cl)cc1)N1CCN(S(=O)(=O)c2ccc(F)c(F)c2)CC1. The van der Waals surface area contributed by atoms with E-state index in [1.165, 1.54) is 4.31 Å². The van der Waals surface area contributed by atoms with Crippen molar-refractivity contribution in [3.63, 3.8) is 0 Å². The van der Waals surface area contributed by atoms with Gasteiger partial charge in [-0.1, -0.05) is 23.7 Å². The number of nitrogens with one attached hydrogen (secondary N) is 2. The first-order valence-electron chi connectivity index (χ1n) is 9.75. The van der Waals surface area contributed by atoms with E-state index in [-0.39, 0.29) is 48.9 Å². The van der Waals surface area contributed by atoms with Gasteiger partial charge in [-0.2, -0.15) is 4.31 Å². The van der Waals surface area contributed by atoms with Crippen molar-refractivity contribution in [2.24, 2.45) is 5.92 Å². The summed E-state index contributed by atoms with van der Waals surface area (Å²) in [6.07, 6.45) is 0. The summed E-state index contributed by atoms with van der Waals surface area (Å²) in [7, 11) is -3.98. The van der Waals surface area contributed by atoms with E-state index >= 15 is 0 Å². The first-order chi connectivity index (χ1) is 14.8. The Morgan fingerprint density at radius 1 is 1.00 bits per heavy atom. The molecule has 0 bridgehead atoms. The highest BCUT2D eigenvalue weighted by molar-refractivity contribution is 7.89. The van der Waals surface area contributed by atoms with Gasteiger partial charge >= 0.3 is 0 Å². The molecule has 31 heavy (non-hydrogen) atoms. The maximum Gasteiger partial charge on any atom is 0.243 e. The zero-order valence-electron chi connectivity index (χ0n) is 16.4. The van der Waals surface area contributed by atoms with Crippen molar-refractivity contribution in [3.05, 3.63) is 64.7 Å². The maximum absolute atomic E-state index is 13.5. The van der Waals surface area contributed by atoms with Gasteiger partial charge in [-0.05, 0) is 35.9 Å². The lowest BCUT2D eigenvalue weighted by Crippen LogP contribution is -2.52. The summed E-state index contributed by atoms with van der Waals surface area (Å²) >= 11 is 5.95. The molecule has 4 rings (SSSR count). The lowest BCUT2D eigenvalue weighted by Gasteiger charge is -2.36. The van der Waals surface area contributed by atoms with Crippen LogP contribution in [0.25, 0.3) is 0 Å². The third kappa shape index (κ3) is 4.44. The minimum atomic E-state index is -3.98. The summed E-state index contributed by atoms with van der Waals surface area (Å²) < 4.78 is 53.3. The largest absolute Gasteiger partial charge is 0.340 e. The Bertz CT molecular complexity index is 1080. The average Bonchev–Trinajstić information content (AvgIpc) is 3.25. The molecule has 2 heterocycles. The van der Waals surface area contributed by atoms with Crippen LogP contribution < -0.4 is 10.9 Å². The topological polar surface area (TPSA) is 81.8 Å². The second-order valence-corrected chi connectivity index (χ2v) is 9.84. The summed E-state index contributed by atoms with van der Waals surface area (Å²) in [6, 6.07) is 9.53. The number of piperazine rings is 1. The van der Waals surface area contributed by atoms with Gasteiger partial charge in [0.25, 0.3) is 0 Å². The van der Waals surface area contributed by atoms with Gasteiger partial charge in [-0.3, -0.25) is 10.2 Å². The average molecular weight is 471 g/mol. The fourth-order valence-corrected chi connectivity index (χ4v) is 5.44. The molecule has 0 aliphatic carbocycles. The Morgan fingerprint density at radius 2 is 1.68 bits per heavy atom. The molecule has 2 aliphatic heterocycles. The van der Waals surface area contributed by atoms with Gasteiger partial charge in [-0.15, -0.1) is 0 Å². The van der Waals surface area contributed by atoms with Crippen LogP contribution in [0.2, 0.25) is 5.02 Å². The van der Waals surface area contributed by atoms with Gasteiger partial charge in [-0.25, -0.2) is 22.6 Å². The van der Waals surface area contributed by atoms with Crippen molar-refractivity contribution in [1.82, 2.24) is 20.1 Å². The molecular weight excluding hydrogens is 450 g/mol. The Labute approximate surface area is 184 Å². The molecule has 2 aromatic carbocycles. The number of carbonyl (C=O) groups excluding carboxylic acids is 1. The van der Waals surface area contributed by atoms with Crippen LogP contribution in [0.15, 0.2) is 47.4 Å². The van der Waals surface area contributed by atoms with Gasteiger partial charge in [0.1, 0.15) is 0 Å². The molecule has 2 saturated heterocycles. The Hall–Kier alpha value is -2.11. The van der Waals surface area contributed by atoms with Crippen LogP contribution in [0, 0.1) is 17.6 Å². The molecule has 0 aromatic heterocycles. The lowest BCUT2D eigenvalue weighted by molar-refractivity contribution is -0.136. The van der Waals surface area contributed by atoms with Crippen LogP contribution in [0.4, 0.5) is 8.78 Å². The number of nitrogens with zero attached hydrogens (tertiary/aromatic N) is 2. The van der Waals surface area contributed by atoms with Gasteiger partial charge < -0.3 is 4.90 Å². The Kier molecular flexibility index (Phi) is 6.27. The van der Waals surface area contributed by atoms with E-state index in [9.17, 15) is 22.0 Å². The highest BCUT2D eigenvalue weighted by Crippen LogP contribution is 2.28. The minimum absolute atomic E-state index is 0.0757. The van der Waals surface area contributed by atoms with Gasteiger partial charge in [0.05, 0.1) is 16.9 Å². The third-order valence-corrected chi connectivity index (χ3v) is 7.75. The van der Waals surface area contributed by atoms with Crippen molar-refractivity contribution in [3.8, 4) is 0 Å². The van der Waals surface area contributed by atoms with Gasteiger partial charge in [0.2, 0.25) is 15.9 Å². The summed E-state index contributed by atoms with van der Waals surface area (Å²) in [4.78, 5) is 14.5. The number of rotatable bonds is 4. The molecule has 0 radical (unpaired) electrons. The van der Waals surface area contributed by atoms with E-state index in [2.05, 4.69) is 10.9 Å². The molecule has 2 aromatic rings. The van der Waals surface area contributed by atoms with Gasteiger partial charge in [0, 0.05) is 37.7 Å². The van der Waals surface area contributed by atoms with Crippen molar-refractivity contribution in [2.45, 2.75) is 10.9 Å². The van der Waals surface area contributed by atoms with Crippen molar-refractivity contribution in [1.29, 1.82) is 0 Å². The van der Waals surface area contributed by atoms with E-state index in [1.54, 1.807) is 17.0 Å². The van der Waals surface area contributed by atoms with Crippen molar-refractivity contribution in [2.75, 3.05) is 32.7 Å². The third-order valence-electron chi connectivity index (χ3n) is 5.61. The molecule has 2 atom stereocenters. The molecule has 2 fully saturated rings. The van der Waals surface area contributed by atoms with Gasteiger partial charge in [0.15, 0.2) is 11.6 Å². The normalized spacial score (nSPS) is 22.6. The van der Waals surface area contributed by atoms with E-state index in [1.807, 2.05) is 12.1 Å². The second-order valence-electron chi connectivity index (χ2n) is 7.47. The molecule has 0 spiro atoms. The number of benzene rings is 2. The van der Waals surface area contributed by atoms with Crippen LogP contribution >= 0.6 is 11.6 Å². The molecule has 2 N–H and O–H groups in total. The zero-order valence-corrected chi connectivity index (χ0v) is 18.0. The standard InChI is InChI=1S/C20H21ClF2N4O3S/c21-14-3-1-13(2-4-14)19-16(12-24-25-19)20(28)26-7-9-27(10-8-26)31(29,30)15-5-6-17(22)18(23)11-15/h1-6,11,16,19,24-25H,7-10,12H2. The monoisotopic (exact) mass is 470 g/mol. The van der Waals surface area contributed by atoms with Crippen LogP contribution in [0.1, 0.15) is 11.6 Å².